The van der Waals surface area contributed by atoms with Gasteiger partial charge in [-0.25, -0.2) is 4.98 Å². The Labute approximate surface area is 129 Å². The SMILES string of the molecule is Cc1c[nH]c2nccc(Oc3ccc4c(c3)CCNCC4)c12. The van der Waals surface area contributed by atoms with Crippen LogP contribution in [0.5, 0.6) is 11.5 Å². The van der Waals surface area contributed by atoms with Crippen LogP contribution in [0.3, 0.4) is 0 Å². The minimum Gasteiger partial charge on any atom is -0.457 e. The highest BCUT2D eigenvalue weighted by Crippen LogP contribution is 2.32. The number of hydrogen-bond acceptors (Lipinski definition) is 3. The second-order valence-electron chi connectivity index (χ2n) is 5.79. The molecule has 3 aromatic rings. The minimum atomic E-state index is 0.857. The van der Waals surface area contributed by atoms with E-state index in [9.17, 15) is 0 Å². The zero-order valence-electron chi connectivity index (χ0n) is 12.6. The van der Waals surface area contributed by atoms with Gasteiger partial charge in [-0.15, -0.1) is 0 Å². The molecule has 2 aromatic heterocycles. The number of H-pyrrole nitrogens is 1. The van der Waals surface area contributed by atoms with Crippen LogP contribution in [0.2, 0.25) is 0 Å². The molecule has 0 amide bonds. The molecule has 0 saturated heterocycles. The topological polar surface area (TPSA) is 49.9 Å². The number of nitrogens with one attached hydrogen (secondary N) is 2. The zero-order chi connectivity index (χ0) is 14.9. The fourth-order valence-electron chi connectivity index (χ4n) is 3.11. The standard InChI is InChI=1S/C18H19N3O/c1-12-11-21-18-17(12)16(6-9-20-18)22-15-3-2-13-4-7-19-8-5-14(13)10-15/h2-3,6,9-11,19H,4-5,7-8H2,1H3,(H,20,21). The second kappa shape index (κ2) is 5.46. The molecule has 0 bridgehead atoms. The van der Waals surface area contributed by atoms with Crippen LogP contribution < -0.4 is 10.1 Å². The van der Waals surface area contributed by atoms with E-state index in [-0.39, 0.29) is 0 Å². The van der Waals surface area contributed by atoms with Gasteiger partial charge in [-0.05, 0) is 67.7 Å². The molecule has 22 heavy (non-hydrogen) atoms. The third-order valence-corrected chi connectivity index (χ3v) is 4.28. The van der Waals surface area contributed by atoms with Crippen molar-refractivity contribution in [1.82, 2.24) is 15.3 Å². The summed E-state index contributed by atoms with van der Waals surface area (Å²) in [6.07, 6.45) is 5.89. The molecule has 4 rings (SSSR count). The molecule has 2 N–H and O–H groups in total. The van der Waals surface area contributed by atoms with Crippen molar-refractivity contribution in [2.45, 2.75) is 19.8 Å². The van der Waals surface area contributed by atoms with Crippen molar-refractivity contribution >= 4 is 11.0 Å². The van der Waals surface area contributed by atoms with Gasteiger partial charge in [0, 0.05) is 12.4 Å². The molecular formula is C18H19N3O. The number of rotatable bonds is 2. The summed E-state index contributed by atoms with van der Waals surface area (Å²) in [4.78, 5) is 7.52. The summed E-state index contributed by atoms with van der Waals surface area (Å²) in [5.74, 6) is 1.75. The molecule has 0 fully saturated rings. The van der Waals surface area contributed by atoms with Gasteiger partial charge in [0.15, 0.2) is 0 Å². The van der Waals surface area contributed by atoms with Gasteiger partial charge in [-0.3, -0.25) is 0 Å². The summed E-state index contributed by atoms with van der Waals surface area (Å²) in [6.45, 7) is 4.16. The molecule has 112 valence electrons. The number of aromatic nitrogens is 2. The molecule has 0 saturated carbocycles. The van der Waals surface area contributed by atoms with Gasteiger partial charge in [0.1, 0.15) is 17.1 Å². The van der Waals surface area contributed by atoms with E-state index in [1.54, 1.807) is 6.20 Å². The van der Waals surface area contributed by atoms with Crippen LogP contribution in [-0.2, 0) is 12.8 Å². The maximum absolute atomic E-state index is 6.16. The average molecular weight is 293 g/mol. The lowest BCUT2D eigenvalue weighted by atomic mass is 10.0. The Balaban J connectivity index is 1.71. The van der Waals surface area contributed by atoms with E-state index >= 15 is 0 Å². The van der Waals surface area contributed by atoms with Crippen molar-refractivity contribution in [3.05, 3.63) is 53.3 Å². The smallest absolute Gasteiger partial charge is 0.141 e. The number of benzene rings is 1. The Hall–Kier alpha value is -2.33. The molecule has 0 spiro atoms. The van der Waals surface area contributed by atoms with Gasteiger partial charge in [0.05, 0.1) is 5.39 Å². The lowest BCUT2D eigenvalue weighted by molar-refractivity contribution is 0.487. The quantitative estimate of drug-likeness (QED) is 0.762. The Morgan fingerprint density at radius 1 is 1.09 bits per heavy atom. The molecule has 3 heterocycles. The van der Waals surface area contributed by atoms with Crippen molar-refractivity contribution in [2.75, 3.05) is 13.1 Å². The van der Waals surface area contributed by atoms with Crippen LogP contribution >= 0.6 is 0 Å². The third-order valence-electron chi connectivity index (χ3n) is 4.28. The van der Waals surface area contributed by atoms with Crippen molar-refractivity contribution in [2.24, 2.45) is 0 Å². The number of hydrogen-bond donors (Lipinski definition) is 2. The maximum atomic E-state index is 6.16. The molecule has 0 radical (unpaired) electrons. The highest BCUT2D eigenvalue weighted by atomic mass is 16.5. The first-order chi connectivity index (χ1) is 10.8. The van der Waals surface area contributed by atoms with Crippen molar-refractivity contribution in [1.29, 1.82) is 0 Å². The number of nitrogens with zero attached hydrogens (tertiary/aromatic N) is 1. The lowest BCUT2D eigenvalue weighted by Crippen LogP contribution is -2.16. The van der Waals surface area contributed by atoms with Crippen molar-refractivity contribution < 1.29 is 4.74 Å². The van der Waals surface area contributed by atoms with E-state index in [0.29, 0.717) is 0 Å². The molecule has 4 heteroatoms. The van der Waals surface area contributed by atoms with Gasteiger partial charge in [0.2, 0.25) is 0 Å². The number of ether oxygens (including phenoxy) is 1. The van der Waals surface area contributed by atoms with Crippen molar-refractivity contribution in [3.8, 4) is 11.5 Å². The molecule has 0 aliphatic carbocycles. The Bertz CT molecular complexity index is 822. The number of fused-ring (bicyclic) bond motifs is 2. The Morgan fingerprint density at radius 2 is 1.95 bits per heavy atom. The molecule has 0 unspecified atom stereocenters. The molecule has 4 nitrogen and oxygen atoms in total. The van der Waals surface area contributed by atoms with Crippen LogP contribution in [0, 0.1) is 6.92 Å². The second-order valence-corrected chi connectivity index (χ2v) is 5.79. The van der Waals surface area contributed by atoms with Crippen LogP contribution in [-0.4, -0.2) is 23.1 Å². The van der Waals surface area contributed by atoms with Gasteiger partial charge >= 0.3 is 0 Å². The first kappa shape index (κ1) is 13.3. The fraction of sp³-hybridized carbons (Fsp3) is 0.278. The number of pyridine rings is 1. The number of aromatic amines is 1. The Morgan fingerprint density at radius 3 is 2.86 bits per heavy atom. The minimum absolute atomic E-state index is 0.857. The van der Waals surface area contributed by atoms with E-state index in [2.05, 4.69) is 40.4 Å². The van der Waals surface area contributed by atoms with Crippen LogP contribution in [0.25, 0.3) is 11.0 Å². The van der Waals surface area contributed by atoms with E-state index in [1.165, 1.54) is 11.1 Å². The largest absolute Gasteiger partial charge is 0.457 e. The van der Waals surface area contributed by atoms with Gasteiger partial charge in [-0.2, -0.15) is 0 Å². The molecule has 0 atom stereocenters. The normalized spacial score (nSPS) is 14.6. The van der Waals surface area contributed by atoms with Gasteiger partial charge in [-0.1, -0.05) is 6.07 Å². The number of aryl methyl sites for hydroxylation is 1. The average Bonchev–Trinajstić information content (AvgIpc) is 2.77. The summed E-state index contributed by atoms with van der Waals surface area (Å²) in [6, 6.07) is 8.37. The van der Waals surface area contributed by atoms with Gasteiger partial charge in [0.25, 0.3) is 0 Å². The summed E-state index contributed by atoms with van der Waals surface area (Å²) < 4.78 is 6.16. The van der Waals surface area contributed by atoms with Gasteiger partial charge < -0.3 is 15.0 Å². The molecule has 1 aromatic carbocycles. The lowest BCUT2D eigenvalue weighted by Gasteiger charge is -2.11. The predicted molar refractivity (Wildman–Crippen MR) is 87.6 cm³/mol. The fourth-order valence-corrected chi connectivity index (χ4v) is 3.11. The molecule has 1 aliphatic heterocycles. The first-order valence-electron chi connectivity index (χ1n) is 7.74. The van der Waals surface area contributed by atoms with Crippen LogP contribution in [0.1, 0.15) is 16.7 Å². The maximum Gasteiger partial charge on any atom is 0.141 e. The highest BCUT2D eigenvalue weighted by molar-refractivity contribution is 5.86. The first-order valence-corrected chi connectivity index (χ1v) is 7.74. The summed E-state index contributed by atoms with van der Waals surface area (Å²) >= 11 is 0. The highest BCUT2D eigenvalue weighted by Gasteiger charge is 2.11. The van der Waals surface area contributed by atoms with E-state index in [0.717, 1.165) is 54.0 Å². The van der Waals surface area contributed by atoms with Crippen molar-refractivity contribution in [3.63, 3.8) is 0 Å². The summed E-state index contributed by atoms with van der Waals surface area (Å²) in [5, 5.41) is 4.49. The third kappa shape index (κ3) is 2.35. The van der Waals surface area contributed by atoms with E-state index < -0.39 is 0 Å². The summed E-state index contributed by atoms with van der Waals surface area (Å²) in [7, 11) is 0. The molecule has 1 aliphatic rings. The van der Waals surface area contributed by atoms with E-state index in [1.807, 2.05) is 12.3 Å². The molecular weight excluding hydrogens is 274 g/mol. The Kier molecular flexibility index (Phi) is 3.31. The van der Waals surface area contributed by atoms with Crippen LogP contribution in [0.4, 0.5) is 0 Å². The monoisotopic (exact) mass is 293 g/mol. The zero-order valence-corrected chi connectivity index (χ0v) is 12.6. The van der Waals surface area contributed by atoms with Crippen LogP contribution in [0.15, 0.2) is 36.7 Å². The summed E-state index contributed by atoms with van der Waals surface area (Å²) in [5.41, 5.74) is 4.83. The van der Waals surface area contributed by atoms with E-state index in [4.69, 9.17) is 4.74 Å². The predicted octanol–water partition coefficient (Wildman–Crippen LogP) is 3.35.